The maximum absolute atomic E-state index is 10.8. The number of hydrogen-bond donors (Lipinski definition) is 1. The molecule has 0 bridgehead atoms. The van der Waals surface area contributed by atoms with Gasteiger partial charge in [0, 0.05) is 5.39 Å². The Bertz CT molecular complexity index is 783. The van der Waals surface area contributed by atoms with Gasteiger partial charge in [0.1, 0.15) is 11.5 Å². The Kier molecular flexibility index (Phi) is 3.36. The molecular weight excluding hydrogens is 268 g/mol. The first kappa shape index (κ1) is 13.2. The number of furan rings is 1. The molecule has 4 heteroatoms. The quantitative estimate of drug-likeness (QED) is 0.776. The van der Waals surface area contributed by atoms with Crippen LogP contribution in [0.4, 0.5) is 0 Å². The summed E-state index contributed by atoms with van der Waals surface area (Å²) in [6, 6.07) is 16.8. The van der Waals surface area contributed by atoms with Crippen LogP contribution in [0.2, 0.25) is 0 Å². The largest absolute Gasteiger partial charge is 0.482 e. The lowest BCUT2D eigenvalue weighted by Crippen LogP contribution is -2.02. The van der Waals surface area contributed by atoms with E-state index in [1.54, 1.807) is 6.07 Å². The van der Waals surface area contributed by atoms with Crippen LogP contribution in [0.15, 0.2) is 59.0 Å². The van der Waals surface area contributed by atoms with E-state index in [1.807, 2.05) is 49.4 Å². The van der Waals surface area contributed by atoms with E-state index < -0.39 is 5.97 Å². The summed E-state index contributed by atoms with van der Waals surface area (Å²) in [7, 11) is 0. The Balaban J connectivity index is 1.89. The molecule has 0 radical (unpaired) electrons. The molecule has 21 heavy (non-hydrogen) atoms. The molecule has 3 rings (SSSR count). The van der Waals surface area contributed by atoms with Gasteiger partial charge in [-0.05, 0) is 30.5 Å². The van der Waals surface area contributed by atoms with Gasteiger partial charge in [0.15, 0.2) is 6.10 Å². The molecule has 4 nitrogen and oxygen atoms in total. The number of carboxylic acid groups (broad SMARTS) is 1. The number of ether oxygens (including phenoxy) is 1. The molecule has 1 heterocycles. The molecule has 0 saturated carbocycles. The van der Waals surface area contributed by atoms with E-state index in [4.69, 9.17) is 14.3 Å². The van der Waals surface area contributed by atoms with Gasteiger partial charge in [0.2, 0.25) is 5.76 Å². The van der Waals surface area contributed by atoms with E-state index in [0.717, 1.165) is 16.5 Å². The zero-order valence-corrected chi connectivity index (χ0v) is 11.4. The molecule has 1 aromatic heterocycles. The molecule has 0 saturated heterocycles. The van der Waals surface area contributed by atoms with Crippen LogP contribution in [0.5, 0.6) is 5.75 Å². The number of carboxylic acids is 1. The number of benzene rings is 2. The second kappa shape index (κ2) is 5.32. The van der Waals surface area contributed by atoms with Gasteiger partial charge in [0.05, 0.1) is 0 Å². The van der Waals surface area contributed by atoms with E-state index in [9.17, 15) is 4.79 Å². The van der Waals surface area contributed by atoms with Crippen LogP contribution in [0, 0.1) is 0 Å². The van der Waals surface area contributed by atoms with Crippen molar-refractivity contribution in [2.24, 2.45) is 0 Å². The number of hydrogen-bond acceptors (Lipinski definition) is 3. The van der Waals surface area contributed by atoms with Crippen LogP contribution < -0.4 is 4.74 Å². The first-order valence-corrected chi connectivity index (χ1v) is 6.62. The average molecular weight is 282 g/mol. The molecule has 106 valence electrons. The fraction of sp³-hybridized carbons (Fsp3) is 0.118. The fourth-order valence-electron chi connectivity index (χ4n) is 2.23. The van der Waals surface area contributed by atoms with Crippen molar-refractivity contribution in [3.05, 3.63) is 66.1 Å². The summed E-state index contributed by atoms with van der Waals surface area (Å²) in [6.07, 6.45) is -0.371. The van der Waals surface area contributed by atoms with Gasteiger partial charge in [-0.15, -0.1) is 0 Å². The SMILES string of the molecule is CC(Oc1cccc2ccccc12)c1ccc(C(=O)O)o1. The van der Waals surface area contributed by atoms with Crippen molar-refractivity contribution in [2.75, 3.05) is 0 Å². The van der Waals surface area contributed by atoms with Gasteiger partial charge in [0.25, 0.3) is 0 Å². The Morgan fingerprint density at radius 2 is 1.86 bits per heavy atom. The molecule has 3 aromatic rings. The molecule has 0 fully saturated rings. The molecule has 1 unspecified atom stereocenters. The monoisotopic (exact) mass is 282 g/mol. The van der Waals surface area contributed by atoms with Crippen LogP contribution in [0.1, 0.15) is 29.3 Å². The van der Waals surface area contributed by atoms with Crippen molar-refractivity contribution in [3.63, 3.8) is 0 Å². The first-order valence-electron chi connectivity index (χ1n) is 6.62. The minimum absolute atomic E-state index is 0.0848. The van der Waals surface area contributed by atoms with Gasteiger partial charge in [-0.1, -0.05) is 36.4 Å². The molecule has 0 aliphatic rings. The highest BCUT2D eigenvalue weighted by molar-refractivity contribution is 5.88. The van der Waals surface area contributed by atoms with Gasteiger partial charge in [-0.3, -0.25) is 0 Å². The number of rotatable bonds is 4. The van der Waals surface area contributed by atoms with Crippen molar-refractivity contribution >= 4 is 16.7 Å². The lowest BCUT2D eigenvalue weighted by atomic mass is 10.1. The zero-order chi connectivity index (χ0) is 14.8. The lowest BCUT2D eigenvalue weighted by molar-refractivity contribution is 0.0655. The Morgan fingerprint density at radius 1 is 1.10 bits per heavy atom. The summed E-state index contributed by atoms with van der Waals surface area (Å²) in [6.45, 7) is 1.83. The highest BCUT2D eigenvalue weighted by Gasteiger charge is 2.16. The summed E-state index contributed by atoms with van der Waals surface area (Å²) in [4.78, 5) is 10.8. The first-order chi connectivity index (χ1) is 10.1. The van der Waals surface area contributed by atoms with Crippen LogP contribution in [0.25, 0.3) is 10.8 Å². The third-order valence-corrected chi connectivity index (χ3v) is 3.29. The maximum Gasteiger partial charge on any atom is 0.371 e. The number of fused-ring (bicyclic) bond motifs is 1. The van der Waals surface area contributed by atoms with Crippen molar-refractivity contribution in [2.45, 2.75) is 13.0 Å². The fourth-order valence-corrected chi connectivity index (χ4v) is 2.23. The number of aromatic carboxylic acids is 1. The smallest absolute Gasteiger partial charge is 0.371 e. The van der Waals surface area contributed by atoms with E-state index in [1.165, 1.54) is 6.07 Å². The Morgan fingerprint density at radius 3 is 2.62 bits per heavy atom. The topological polar surface area (TPSA) is 59.7 Å². The van der Waals surface area contributed by atoms with Crippen LogP contribution in [-0.2, 0) is 0 Å². The molecule has 0 aliphatic heterocycles. The second-order valence-corrected chi connectivity index (χ2v) is 4.74. The van der Waals surface area contributed by atoms with E-state index in [2.05, 4.69) is 0 Å². The molecule has 1 N–H and O–H groups in total. The minimum atomic E-state index is -1.08. The number of carbonyl (C=O) groups is 1. The highest BCUT2D eigenvalue weighted by Crippen LogP contribution is 2.30. The van der Waals surface area contributed by atoms with Crippen molar-refractivity contribution < 1.29 is 19.1 Å². The van der Waals surface area contributed by atoms with Crippen LogP contribution >= 0.6 is 0 Å². The third kappa shape index (κ3) is 2.60. The lowest BCUT2D eigenvalue weighted by Gasteiger charge is -2.14. The van der Waals surface area contributed by atoms with Gasteiger partial charge in [-0.2, -0.15) is 0 Å². The van der Waals surface area contributed by atoms with Crippen molar-refractivity contribution in [3.8, 4) is 5.75 Å². The van der Waals surface area contributed by atoms with Crippen molar-refractivity contribution in [1.29, 1.82) is 0 Å². The summed E-state index contributed by atoms with van der Waals surface area (Å²) < 4.78 is 11.2. The second-order valence-electron chi connectivity index (χ2n) is 4.74. The van der Waals surface area contributed by atoms with Gasteiger partial charge in [-0.25, -0.2) is 4.79 Å². The molecule has 2 aromatic carbocycles. The molecule has 0 aliphatic carbocycles. The Labute approximate surface area is 121 Å². The predicted octanol–water partition coefficient (Wildman–Crippen LogP) is 4.27. The molecule has 0 amide bonds. The molecule has 1 atom stereocenters. The Hall–Kier alpha value is -2.75. The standard InChI is InChI=1S/C17H14O4/c1-11(14-9-10-16(21-14)17(18)19)20-15-8-4-6-12-5-2-3-7-13(12)15/h2-11H,1H3,(H,18,19). The molecular formula is C17H14O4. The third-order valence-electron chi connectivity index (χ3n) is 3.29. The summed E-state index contributed by atoms with van der Waals surface area (Å²) in [5.41, 5.74) is 0. The normalized spacial score (nSPS) is 12.2. The highest BCUT2D eigenvalue weighted by atomic mass is 16.5. The summed E-state index contributed by atoms with van der Waals surface area (Å²) >= 11 is 0. The predicted molar refractivity (Wildman–Crippen MR) is 78.7 cm³/mol. The van der Waals surface area contributed by atoms with Crippen molar-refractivity contribution in [1.82, 2.24) is 0 Å². The van der Waals surface area contributed by atoms with E-state index in [0.29, 0.717) is 5.76 Å². The zero-order valence-electron chi connectivity index (χ0n) is 11.4. The summed E-state index contributed by atoms with van der Waals surface area (Å²) in [5.74, 6) is 0.0613. The van der Waals surface area contributed by atoms with Gasteiger partial charge < -0.3 is 14.3 Å². The van der Waals surface area contributed by atoms with Crippen LogP contribution in [0.3, 0.4) is 0 Å². The van der Waals surface area contributed by atoms with E-state index >= 15 is 0 Å². The van der Waals surface area contributed by atoms with E-state index in [-0.39, 0.29) is 11.9 Å². The summed E-state index contributed by atoms with van der Waals surface area (Å²) in [5, 5.41) is 11.0. The van der Waals surface area contributed by atoms with Crippen LogP contribution in [-0.4, -0.2) is 11.1 Å². The van der Waals surface area contributed by atoms with Gasteiger partial charge >= 0.3 is 5.97 Å². The minimum Gasteiger partial charge on any atom is -0.482 e. The maximum atomic E-state index is 10.8. The average Bonchev–Trinajstić information content (AvgIpc) is 2.98. The molecule has 0 spiro atoms.